The fourth-order valence-electron chi connectivity index (χ4n) is 3.29. The molecule has 1 aliphatic heterocycles. The number of rotatable bonds is 6. The Kier molecular flexibility index (Phi) is 6.74. The van der Waals surface area contributed by atoms with Crippen LogP contribution in [0.4, 0.5) is 5.82 Å². The molecule has 2 heterocycles. The zero-order valence-electron chi connectivity index (χ0n) is 18.0. The topological polar surface area (TPSA) is 116 Å². The maximum atomic E-state index is 9.90. The van der Waals surface area contributed by atoms with Crippen LogP contribution < -0.4 is 16.2 Å². The highest BCUT2D eigenvalue weighted by Crippen LogP contribution is 2.34. The van der Waals surface area contributed by atoms with Crippen molar-refractivity contribution in [3.05, 3.63) is 59.4 Å². The van der Waals surface area contributed by atoms with Crippen molar-refractivity contribution in [2.24, 2.45) is 10.7 Å². The van der Waals surface area contributed by atoms with Crippen molar-refractivity contribution < 1.29 is 14.6 Å². The average Bonchev–Trinajstić information content (AvgIpc) is 3.56. The minimum atomic E-state index is -0.796. The Bertz CT molecular complexity index is 1070. The van der Waals surface area contributed by atoms with E-state index in [1.54, 1.807) is 12.4 Å². The summed E-state index contributed by atoms with van der Waals surface area (Å²) < 4.78 is 11.3. The van der Waals surface area contributed by atoms with Crippen molar-refractivity contribution in [2.75, 3.05) is 18.9 Å². The Morgan fingerprint density at radius 3 is 2.88 bits per heavy atom. The van der Waals surface area contributed by atoms with Crippen LogP contribution in [0.25, 0.3) is 5.57 Å². The molecule has 0 unspecified atom stereocenters. The van der Waals surface area contributed by atoms with Gasteiger partial charge in [-0.25, -0.2) is 4.98 Å². The minimum absolute atomic E-state index is 0.243. The third kappa shape index (κ3) is 5.88. The Hall–Kier alpha value is -3.34. The summed E-state index contributed by atoms with van der Waals surface area (Å²) in [4.78, 5) is 8.90. The number of anilines is 1. The molecular formula is C25H28N4O3. The summed E-state index contributed by atoms with van der Waals surface area (Å²) in [6.07, 6.45) is 8.25. The number of aromatic nitrogens is 1. The maximum Gasteiger partial charge on any atom is 0.166 e. The number of nitrogen functional groups attached to an aromatic ring is 1. The van der Waals surface area contributed by atoms with Crippen molar-refractivity contribution in [1.29, 1.82) is 0 Å². The summed E-state index contributed by atoms with van der Waals surface area (Å²) in [7, 11) is 0. The lowest BCUT2D eigenvalue weighted by molar-refractivity contribution is 0.0872. The van der Waals surface area contributed by atoms with E-state index < -0.39 is 5.60 Å². The van der Waals surface area contributed by atoms with E-state index in [1.165, 1.54) is 6.20 Å². The van der Waals surface area contributed by atoms with Crippen LogP contribution in [0.15, 0.2) is 47.7 Å². The van der Waals surface area contributed by atoms with Gasteiger partial charge < -0.3 is 26.0 Å². The number of hydrogen-bond donors (Lipinski definition) is 3. The van der Waals surface area contributed by atoms with Gasteiger partial charge in [0.25, 0.3) is 0 Å². The molecule has 32 heavy (non-hydrogen) atoms. The van der Waals surface area contributed by atoms with Crippen molar-refractivity contribution in [1.82, 2.24) is 4.98 Å². The zero-order valence-corrected chi connectivity index (χ0v) is 18.0. The first-order chi connectivity index (χ1) is 15.5. The number of hydrogen-bond acceptors (Lipinski definition) is 7. The molecule has 7 heteroatoms. The normalized spacial score (nSPS) is 18.2. The first-order valence-corrected chi connectivity index (χ1v) is 10.8. The quantitative estimate of drug-likeness (QED) is 0.477. The maximum absolute atomic E-state index is 9.90. The largest absolute Gasteiger partial charge is 0.485 e. The second kappa shape index (κ2) is 9.86. The van der Waals surface area contributed by atoms with Gasteiger partial charge in [-0.3, -0.25) is 4.99 Å². The molecule has 2 aromatic rings. The van der Waals surface area contributed by atoms with Crippen LogP contribution in [-0.4, -0.2) is 41.2 Å². The summed E-state index contributed by atoms with van der Waals surface area (Å²) in [5.74, 6) is 6.73. The summed E-state index contributed by atoms with van der Waals surface area (Å²) in [5, 5.41) is 9.90. The van der Waals surface area contributed by atoms with Gasteiger partial charge >= 0.3 is 0 Å². The number of allylic oxidation sites excluding steroid dienone is 1. The van der Waals surface area contributed by atoms with Crippen molar-refractivity contribution in [3.8, 4) is 17.6 Å². The van der Waals surface area contributed by atoms with Crippen molar-refractivity contribution in [2.45, 2.75) is 43.9 Å². The van der Waals surface area contributed by atoms with Crippen molar-refractivity contribution in [3.63, 3.8) is 0 Å². The Balaban J connectivity index is 1.43. The van der Waals surface area contributed by atoms with Crippen LogP contribution in [0.5, 0.6) is 5.75 Å². The number of nitrogens with two attached hydrogens (primary N) is 2. The third-order valence-corrected chi connectivity index (χ3v) is 5.49. The molecule has 7 nitrogen and oxygen atoms in total. The van der Waals surface area contributed by atoms with E-state index in [0.29, 0.717) is 18.2 Å². The lowest BCUT2D eigenvalue weighted by atomic mass is 10.1. The Morgan fingerprint density at radius 2 is 2.12 bits per heavy atom. The first kappa shape index (κ1) is 21.9. The van der Waals surface area contributed by atoms with Crippen LogP contribution in [0, 0.1) is 11.8 Å². The number of nitrogens with zero attached hydrogens (tertiary/aromatic N) is 2. The summed E-state index contributed by atoms with van der Waals surface area (Å²) in [5.41, 5.74) is 14.4. The molecule has 1 aromatic heterocycles. The number of aliphatic imine (C=N–C) groups is 1. The van der Waals surface area contributed by atoms with Gasteiger partial charge in [-0.05, 0) is 49.4 Å². The van der Waals surface area contributed by atoms with Gasteiger partial charge in [-0.2, -0.15) is 0 Å². The molecule has 1 aromatic carbocycles. The number of aliphatic hydroxyl groups is 1. The fraction of sp³-hybridized carbons (Fsp3) is 0.360. The van der Waals surface area contributed by atoms with Gasteiger partial charge in [-0.1, -0.05) is 24.0 Å². The second-order valence-electron chi connectivity index (χ2n) is 8.12. The number of ether oxygens (including phenoxy) is 2. The Morgan fingerprint density at radius 1 is 1.31 bits per heavy atom. The molecule has 0 radical (unpaired) electrons. The van der Waals surface area contributed by atoms with Gasteiger partial charge in [-0.15, -0.1) is 0 Å². The number of benzene rings is 1. The number of pyridine rings is 1. The van der Waals surface area contributed by atoms with E-state index in [-0.39, 0.29) is 6.04 Å². The van der Waals surface area contributed by atoms with E-state index in [1.807, 2.05) is 30.3 Å². The lowest BCUT2D eigenvalue weighted by Gasteiger charge is -2.18. The van der Waals surface area contributed by atoms with E-state index in [2.05, 4.69) is 21.8 Å². The van der Waals surface area contributed by atoms with E-state index in [0.717, 1.165) is 61.2 Å². The van der Waals surface area contributed by atoms with Crippen LogP contribution >= 0.6 is 0 Å². The second-order valence-corrected chi connectivity index (χ2v) is 8.12. The molecule has 1 aliphatic carbocycles. The van der Waals surface area contributed by atoms with E-state index in [9.17, 15) is 5.11 Å². The van der Waals surface area contributed by atoms with Gasteiger partial charge in [0.15, 0.2) is 11.6 Å². The molecule has 0 bridgehead atoms. The summed E-state index contributed by atoms with van der Waals surface area (Å²) >= 11 is 0. The van der Waals surface area contributed by atoms with Gasteiger partial charge in [0.2, 0.25) is 0 Å². The molecule has 4 rings (SSSR count). The van der Waals surface area contributed by atoms with Crippen LogP contribution in [-0.2, 0) is 11.3 Å². The molecular weight excluding hydrogens is 404 g/mol. The summed E-state index contributed by atoms with van der Waals surface area (Å²) in [6, 6.07) is 9.79. The third-order valence-electron chi connectivity index (χ3n) is 5.49. The highest BCUT2D eigenvalue weighted by molar-refractivity contribution is 6.09. The monoisotopic (exact) mass is 432 g/mol. The highest BCUT2D eigenvalue weighted by atomic mass is 16.5. The van der Waals surface area contributed by atoms with Crippen LogP contribution in [0.2, 0.25) is 0 Å². The predicted octanol–water partition coefficient (Wildman–Crippen LogP) is 2.67. The molecule has 2 aliphatic rings. The van der Waals surface area contributed by atoms with Crippen LogP contribution in [0.1, 0.15) is 42.4 Å². The first-order valence-electron chi connectivity index (χ1n) is 10.8. The predicted molar refractivity (Wildman–Crippen MR) is 125 cm³/mol. The molecule has 0 amide bonds. The molecule has 0 atom stereocenters. The van der Waals surface area contributed by atoms with Crippen LogP contribution in [0.3, 0.4) is 0 Å². The van der Waals surface area contributed by atoms with Crippen molar-refractivity contribution >= 4 is 17.6 Å². The standard InChI is InChI=1S/C25H28N4O3/c26-14-21(16-28-22-5-10-31-11-6-22)20-13-23(24(27)29-15-20)32-17-19-3-1-2-18(12-19)4-7-25(30)8-9-25/h1-3,12-16,22,30H,5-6,8-11,17,26H2,(H2,27,29). The molecule has 1 saturated carbocycles. The highest BCUT2D eigenvalue weighted by Gasteiger charge is 2.38. The molecule has 2 fully saturated rings. The van der Waals surface area contributed by atoms with E-state index in [4.69, 9.17) is 20.9 Å². The fourth-order valence-corrected chi connectivity index (χ4v) is 3.29. The molecule has 166 valence electrons. The molecule has 5 N–H and O–H groups in total. The zero-order chi connectivity index (χ0) is 22.4. The molecule has 0 spiro atoms. The van der Waals surface area contributed by atoms with Gasteiger partial charge in [0, 0.05) is 48.5 Å². The minimum Gasteiger partial charge on any atom is -0.485 e. The molecule has 1 saturated heterocycles. The SMILES string of the molecule is NC=C(C=NC1CCOCC1)c1cnc(N)c(OCc2cccc(C#CC3(O)CC3)c2)c1. The smallest absolute Gasteiger partial charge is 0.166 e. The van der Waals surface area contributed by atoms with E-state index >= 15 is 0 Å². The lowest BCUT2D eigenvalue weighted by Crippen LogP contribution is -2.18. The Labute approximate surface area is 188 Å². The summed E-state index contributed by atoms with van der Waals surface area (Å²) in [6.45, 7) is 1.78. The van der Waals surface area contributed by atoms with Gasteiger partial charge in [0.05, 0.1) is 6.04 Å². The van der Waals surface area contributed by atoms with Gasteiger partial charge in [0.1, 0.15) is 12.2 Å². The average molecular weight is 433 g/mol.